The highest BCUT2D eigenvalue weighted by molar-refractivity contribution is 6.30. The third-order valence-electron chi connectivity index (χ3n) is 4.60. The van der Waals surface area contributed by atoms with E-state index in [-0.39, 0.29) is 16.9 Å². The average Bonchev–Trinajstić information content (AvgIpc) is 2.81. The number of methoxy groups -OCH3 is 1. The van der Waals surface area contributed by atoms with Crippen molar-refractivity contribution in [1.82, 2.24) is 19.9 Å². The monoisotopic (exact) mass is 446 g/mol. The van der Waals surface area contributed by atoms with Crippen LogP contribution in [0, 0.1) is 6.92 Å². The zero-order chi connectivity index (χ0) is 22.5. The molecule has 0 atom stereocenters. The molecule has 4 aromatic rings. The number of ether oxygens (including phenoxy) is 1. The van der Waals surface area contributed by atoms with Gasteiger partial charge in [-0.1, -0.05) is 17.7 Å². The van der Waals surface area contributed by atoms with Gasteiger partial charge in [0.2, 0.25) is 11.8 Å². The molecule has 0 bridgehead atoms. The molecule has 32 heavy (non-hydrogen) atoms. The second kappa shape index (κ2) is 9.40. The maximum absolute atomic E-state index is 12.7. The van der Waals surface area contributed by atoms with Crippen LogP contribution in [0.2, 0.25) is 5.15 Å². The van der Waals surface area contributed by atoms with Crippen molar-refractivity contribution in [2.24, 2.45) is 0 Å². The molecule has 0 aliphatic carbocycles. The smallest absolute Gasteiger partial charge is 0.255 e. The lowest BCUT2D eigenvalue weighted by atomic mass is 10.1. The minimum Gasteiger partial charge on any atom is -0.481 e. The maximum atomic E-state index is 12.7. The van der Waals surface area contributed by atoms with E-state index >= 15 is 0 Å². The average molecular weight is 447 g/mol. The Balaban J connectivity index is 1.55. The van der Waals surface area contributed by atoms with Gasteiger partial charge in [-0.05, 0) is 48.9 Å². The normalized spacial score (nSPS) is 10.5. The van der Waals surface area contributed by atoms with Gasteiger partial charge in [-0.2, -0.15) is 0 Å². The Bertz CT molecular complexity index is 1270. The standard InChI is InChI=1S/C23H19ClN6O2/c1-14-5-6-17(27-22(31)16-10-20(24)30-21(11-16)32-2)12-19(14)29-23-26-9-7-18(28-23)15-4-3-8-25-13-15/h3-13H,1-2H3,(H,27,31)(H,26,28,29). The Morgan fingerprint density at radius 1 is 1.06 bits per heavy atom. The zero-order valence-corrected chi connectivity index (χ0v) is 18.1. The fourth-order valence-corrected chi connectivity index (χ4v) is 3.16. The van der Waals surface area contributed by atoms with Crippen molar-refractivity contribution in [2.75, 3.05) is 17.7 Å². The predicted molar refractivity (Wildman–Crippen MR) is 123 cm³/mol. The number of carbonyl (C=O) groups is 1. The van der Waals surface area contributed by atoms with Crippen molar-refractivity contribution in [2.45, 2.75) is 6.92 Å². The molecule has 3 aromatic heterocycles. The molecule has 0 radical (unpaired) electrons. The first-order valence-corrected chi connectivity index (χ1v) is 10.0. The van der Waals surface area contributed by atoms with E-state index in [1.165, 1.54) is 19.2 Å². The SMILES string of the molecule is COc1cc(C(=O)Nc2ccc(C)c(Nc3nccc(-c4cccnc4)n3)c2)cc(Cl)n1. The summed E-state index contributed by atoms with van der Waals surface area (Å²) in [5.41, 5.74) is 4.30. The van der Waals surface area contributed by atoms with Gasteiger partial charge in [0, 0.05) is 47.2 Å². The minimum atomic E-state index is -0.336. The maximum Gasteiger partial charge on any atom is 0.255 e. The van der Waals surface area contributed by atoms with E-state index < -0.39 is 0 Å². The molecule has 3 heterocycles. The molecule has 4 rings (SSSR count). The number of nitrogens with zero attached hydrogens (tertiary/aromatic N) is 4. The summed E-state index contributed by atoms with van der Waals surface area (Å²) in [6, 6.07) is 14.1. The molecule has 9 heteroatoms. The summed E-state index contributed by atoms with van der Waals surface area (Å²) >= 11 is 5.97. The van der Waals surface area contributed by atoms with Crippen molar-refractivity contribution in [1.29, 1.82) is 0 Å². The van der Waals surface area contributed by atoms with Crippen LogP contribution in [0.3, 0.4) is 0 Å². The van der Waals surface area contributed by atoms with Gasteiger partial charge in [-0.3, -0.25) is 9.78 Å². The summed E-state index contributed by atoms with van der Waals surface area (Å²) in [6.45, 7) is 1.95. The molecule has 2 N–H and O–H groups in total. The number of amides is 1. The van der Waals surface area contributed by atoms with E-state index in [1.807, 2.05) is 43.3 Å². The molecule has 0 aliphatic rings. The van der Waals surface area contributed by atoms with Gasteiger partial charge in [0.15, 0.2) is 0 Å². The summed E-state index contributed by atoms with van der Waals surface area (Å²) in [5, 5.41) is 6.25. The second-order valence-electron chi connectivity index (χ2n) is 6.84. The Hall–Kier alpha value is -4.04. The predicted octanol–water partition coefficient (Wildman–Crippen LogP) is 4.90. The lowest BCUT2D eigenvalue weighted by molar-refractivity contribution is 0.102. The molecule has 8 nitrogen and oxygen atoms in total. The molecule has 0 saturated heterocycles. The van der Waals surface area contributed by atoms with Crippen molar-refractivity contribution >= 4 is 34.8 Å². The first kappa shape index (κ1) is 21.2. The Kier molecular flexibility index (Phi) is 6.23. The molecule has 1 amide bonds. The number of nitrogens with one attached hydrogen (secondary N) is 2. The van der Waals surface area contributed by atoms with Crippen molar-refractivity contribution < 1.29 is 9.53 Å². The Labute approximate surface area is 189 Å². The molecule has 0 saturated carbocycles. The van der Waals surface area contributed by atoms with Gasteiger partial charge >= 0.3 is 0 Å². The van der Waals surface area contributed by atoms with Crippen molar-refractivity contribution in [3.8, 4) is 17.1 Å². The lowest BCUT2D eigenvalue weighted by Crippen LogP contribution is -2.13. The molecule has 160 valence electrons. The molecule has 0 spiro atoms. The van der Waals surface area contributed by atoms with Crippen LogP contribution in [-0.2, 0) is 0 Å². The fraction of sp³-hybridized carbons (Fsp3) is 0.0870. The van der Waals surface area contributed by atoms with Crippen molar-refractivity contribution in [3.63, 3.8) is 0 Å². The molecule has 0 fully saturated rings. The van der Waals surface area contributed by atoms with Gasteiger partial charge < -0.3 is 15.4 Å². The number of carbonyl (C=O) groups excluding carboxylic acids is 1. The number of hydrogen-bond donors (Lipinski definition) is 2. The lowest BCUT2D eigenvalue weighted by Gasteiger charge is -2.12. The van der Waals surface area contributed by atoms with Gasteiger partial charge in [0.1, 0.15) is 5.15 Å². The van der Waals surface area contributed by atoms with E-state index in [0.29, 0.717) is 17.2 Å². The zero-order valence-electron chi connectivity index (χ0n) is 17.3. The quantitative estimate of drug-likeness (QED) is 0.406. The Morgan fingerprint density at radius 2 is 1.94 bits per heavy atom. The summed E-state index contributed by atoms with van der Waals surface area (Å²) in [6.07, 6.45) is 5.13. The molecular formula is C23H19ClN6O2. The summed E-state index contributed by atoms with van der Waals surface area (Å²) in [5.74, 6) is 0.361. The van der Waals surface area contributed by atoms with Gasteiger partial charge in [-0.25, -0.2) is 15.0 Å². The van der Waals surface area contributed by atoms with Crippen LogP contribution in [-0.4, -0.2) is 33.0 Å². The summed E-state index contributed by atoms with van der Waals surface area (Å²) in [7, 11) is 1.46. The number of rotatable bonds is 6. The third kappa shape index (κ3) is 4.98. The van der Waals surface area contributed by atoms with Gasteiger partial charge in [0.25, 0.3) is 5.91 Å². The minimum absolute atomic E-state index is 0.173. The van der Waals surface area contributed by atoms with Crippen LogP contribution >= 0.6 is 11.6 Å². The summed E-state index contributed by atoms with van der Waals surface area (Å²) in [4.78, 5) is 29.7. The first-order valence-electron chi connectivity index (χ1n) is 9.66. The first-order chi connectivity index (χ1) is 15.5. The number of halogens is 1. The van der Waals surface area contributed by atoms with E-state index in [4.69, 9.17) is 16.3 Å². The van der Waals surface area contributed by atoms with Crippen LogP contribution in [0.1, 0.15) is 15.9 Å². The highest BCUT2D eigenvalue weighted by Gasteiger charge is 2.12. The van der Waals surface area contributed by atoms with E-state index in [0.717, 1.165) is 22.5 Å². The fourth-order valence-electron chi connectivity index (χ4n) is 2.96. The van der Waals surface area contributed by atoms with Crippen LogP contribution in [0.15, 0.2) is 67.1 Å². The van der Waals surface area contributed by atoms with Crippen molar-refractivity contribution in [3.05, 3.63) is 83.4 Å². The van der Waals surface area contributed by atoms with Crippen LogP contribution in [0.25, 0.3) is 11.3 Å². The van der Waals surface area contributed by atoms with Gasteiger partial charge in [-0.15, -0.1) is 0 Å². The van der Waals surface area contributed by atoms with Crippen LogP contribution < -0.4 is 15.4 Å². The number of hydrogen-bond acceptors (Lipinski definition) is 7. The highest BCUT2D eigenvalue weighted by atomic mass is 35.5. The third-order valence-corrected chi connectivity index (χ3v) is 4.79. The summed E-state index contributed by atoms with van der Waals surface area (Å²) < 4.78 is 5.08. The number of aryl methyl sites for hydroxylation is 1. The Morgan fingerprint density at radius 3 is 2.72 bits per heavy atom. The largest absolute Gasteiger partial charge is 0.481 e. The number of benzene rings is 1. The van der Waals surface area contributed by atoms with E-state index in [2.05, 4.69) is 30.6 Å². The molecular weight excluding hydrogens is 428 g/mol. The molecule has 0 aliphatic heterocycles. The van der Waals surface area contributed by atoms with Crippen LogP contribution in [0.5, 0.6) is 5.88 Å². The molecule has 0 unspecified atom stereocenters. The highest BCUT2D eigenvalue weighted by Crippen LogP contribution is 2.25. The van der Waals surface area contributed by atoms with Crippen LogP contribution in [0.4, 0.5) is 17.3 Å². The number of pyridine rings is 2. The van der Waals surface area contributed by atoms with E-state index in [1.54, 1.807) is 18.6 Å². The number of anilines is 3. The number of aromatic nitrogens is 4. The van der Waals surface area contributed by atoms with E-state index in [9.17, 15) is 4.79 Å². The van der Waals surface area contributed by atoms with Gasteiger partial charge in [0.05, 0.1) is 12.8 Å². The molecule has 1 aromatic carbocycles. The topological polar surface area (TPSA) is 102 Å². The second-order valence-corrected chi connectivity index (χ2v) is 7.22.